The molecule has 1 aliphatic rings. The Hall–Kier alpha value is -1.53. The van der Waals surface area contributed by atoms with E-state index in [1.807, 2.05) is 33.8 Å². The number of nitrogens with zero attached hydrogens (tertiary/aromatic N) is 1. The van der Waals surface area contributed by atoms with Gasteiger partial charge in [-0.15, -0.1) is 0 Å². The van der Waals surface area contributed by atoms with Crippen LogP contribution in [0.3, 0.4) is 0 Å². The molecule has 1 aromatic carbocycles. The maximum Gasteiger partial charge on any atom is 0.410 e. The molecular weight excluding hydrogens is 394 g/mol. The second-order valence-electron chi connectivity index (χ2n) is 10.2. The number of para-hydroxylation sites is 1. The Kier molecular flexibility index (Phi) is 8.80. The number of hydrogen-bond donors (Lipinski definition) is 0. The Balaban J connectivity index is 2.16. The largest absolute Gasteiger partial charge is 0.491 e. The summed E-state index contributed by atoms with van der Waals surface area (Å²) in [6.07, 6.45) is 4.53. The molecule has 1 saturated carbocycles. The van der Waals surface area contributed by atoms with Crippen LogP contribution in [0.2, 0.25) is 19.6 Å². The Bertz CT molecular complexity index is 675. The first-order valence-electron chi connectivity index (χ1n) is 11.3. The minimum atomic E-state index is -1.84. The van der Waals surface area contributed by atoms with E-state index in [0.29, 0.717) is 25.7 Å². The SMILES string of the molecule is CCOC(=O)N(CC(COc1ccccc1C1CCCC1)O[Si](C)(C)C)C(C)(C)C. The van der Waals surface area contributed by atoms with Crippen molar-refractivity contribution in [2.45, 2.75) is 90.6 Å². The molecule has 1 aliphatic carbocycles. The van der Waals surface area contributed by atoms with Gasteiger partial charge in [0.25, 0.3) is 0 Å². The maximum atomic E-state index is 12.6. The molecule has 1 fully saturated rings. The molecule has 30 heavy (non-hydrogen) atoms. The average molecular weight is 436 g/mol. The highest BCUT2D eigenvalue weighted by Crippen LogP contribution is 2.38. The van der Waals surface area contributed by atoms with E-state index < -0.39 is 8.32 Å². The Morgan fingerprint density at radius 2 is 1.80 bits per heavy atom. The summed E-state index contributed by atoms with van der Waals surface area (Å²) in [5.41, 5.74) is 0.939. The van der Waals surface area contributed by atoms with Gasteiger partial charge in [0.05, 0.1) is 19.3 Å². The highest BCUT2D eigenvalue weighted by Gasteiger charge is 2.33. The van der Waals surface area contributed by atoms with Crippen LogP contribution in [-0.4, -0.2) is 50.7 Å². The first-order chi connectivity index (χ1) is 14.0. The van der Waals surface area contributed by atoms with Crippen molar-refractivity contribution in [1.82, 2.24) is 4.90 Å². The third-order valence-corrected chi connectivity index (χ3v) is 6.38. The second kappa shape index (κ2) is 10.7. The predicted molar refractivity (Wildman–Crippen MR) is 125 cm³/mol. The van der Waals surface area contributed by atoms with Gasteiger partial charge in [-0.2, -0.15) is 0 Å². The first-order valence-corrected chi connectivity index (χ1v) is 14.8. The van der Waals surface area contributed by atoms with Crippen LogP contribution in [0.25, 0.3) is 0 Å². The van der Waals surface area contributed by atoms with E-state index >= 15 is 0 Å². The van der Waals surface area contributed by atoms with Gasteiger partial charge in [0.2, 0.25) is 0 Å². The lowest BCUT2D eigenvalue weighted by atomic mass is 9.97. The van der Waals surface area contributed by atoms with E-state index in [1.165, 1.54) is 31.2 Å². The summed E-state index contributed by atoms with van der Waals surface area (Å²) in [5.74, 6) is 1.54. The minimum Gasteiger partial charge on any atom is -0.491 e. The van der Waals surface area contributed by atoms with Gasteiger partial charge in [0.15, 0.2) is 8.32 Å². The van der Waals surface area contributed by atoms with Crippen LogP contribution in [0.1, 0.15) is 64.9 Å². The topological polar surface area (TPSA) is 48.0 Å². The van der Waals surface area contributed by atoms with Gasteiger partial charge < -0.3 is 18.8 Å². The molecule has 1 atom stereocenters. The van der Waals surface area contributed by atoms with E-state index in [1.54, 1.807) is 4.90 Å². The third-order valence-electron chi connectivity index (χ3n) is 5.34. The molecule has 0 saturated heterocycles. The van der Waals surface area contributed by atoms with Gasteiger partial charge in [0.1, 0.15) is 12.4 Å². The van der Waals surface area contributed by atoms with Crippen LogP contribution >= 0.6 is 0 Å². The molecule has 0 N–H and O–H groups in total. The lowest BCUT2D eigenvalue weighted by Crippen LogP contribution is -2.52. The monoisotopic (exact) mass is 435 g/mol. The summed E-state index contributed by atoms with van der Waals surface area (Å²) in [5, 5.41) is 0. The van der Waals surface area contributed by atoms with Crippen molar-refractivity contribution >= 4 is 14.4 Å². The predicted octanol–water partition coefficient (Wildman–Crippen LogP) is 6.20. The smallest absolute Gasteiger partial charge is 0.410 e. The van der Waals surface area contributed by atoms with Gasteiger partial charge in [-0.05, 0) is 77.7 Å². The van der Waals surface area contributed by atoms with Crippen LogP contribution in [-0.2, 0) is 9.16 Å². The zero-order valence-electron chi connectivity index (χ0n) is 20.0. The third kappa shape index (κ3) is 7.62. The number of hydrogen-bond acceptors (Lipinski definition) is 4. The van der Waals surface area contributed by atoms with Gasteiger partial charge >= 0.3 is 6.09 Å². The number of carbonyl (C=O) groups is 1. The fourth-order valence-corrected chi connectivity index (χ4v) is 5.16. The minimum absolute atomic E-state index is 0.211. The summed E-state index contributed by atoms with van der Waals surface area (Å²) in [7, 11) is -1.84. The van der Waals surface area contributed by atoms with Crippen LogP contribution in [0.5, 0.6) is 5.75 Å². The zero-order chi connectivity index (χ0) is 22.4. The molecule has 1 aromatic rings. The molecule has 1 unspecified atom stereocenters. The summed E-state index contributed by atoms with van der Waals surface area (Å²) in [6.45, 7) is 15.6. The number of benzene rings is 1. The molecule has 0 aromatic heterocycles. The number of amides is 1. The van der Waals surface area contributed by atoms with E-state index in [2.05, 4.69) is 37.8 Å². The van der Waals surface area contributed by atoms with Crippen LogP contribution in [0.15, 0.2) is 24.3 Å². The van der Waals surface area contributed by atoms with Gasteiger partial charge in [-0.1, -0.05) is 31.0 Å². The van der Waals surface area contributed by atoms with Crippen LogP contribution < -0.4 is 4.74 Å². The molecule has 1 amide bonds. The van der Waals surface area contributed by atoms with E-state index in [4.69, 9.17) is 13.9 Å². The van der Waals surface area contributed by atoms with Gasteiger partial charge in [0, 0.05) is 5.54 Å². The molecule has 2 rings (SSSR count). The molecule has 0 aliphatic heterocycles. The fraction of sp³-hybridized carbons (Fsp3) is 0.708. The summed E-state index contributed by atoms with van der Waals surface area (Å²) in [4.78, 5) is 14.4. The Morgan fingerprint density at radius 1 is 1.17 bits per heavy atom. The van der Waals surface area contributed by atoms with Crippen LogP contribution in [0.4, 0.5) is 4.79 Å². The first kappa shape index (κ1) is 24.7. The molecular formula is C24H41NO4Si. The molecule has 170 valence electrons. The van der Waals surface area contributed by atoms with E-state index in [9.17, 15) is 4.79 Å². The lowest BCUT2D eigenvalue weighted by molar-refractivity contribution is 0.0300. The molecule has 0 spiro atoms. The highest BCUT2D eigenvalue weighted by atomic mass is 28.4. The van der Waals surface area contributed by atoms with E-state index in [-0.39, 0.29) is 17.7 Å². The lowest BCUT2D eigenvalue weighted by Gasteiger charge is -2.38. The Morgan fingerprint density at radius 3 is 2.37 bits per heavy atom. The summed E-state index contributed by atoms with van der Waals surface area (Å²) in [6, 6.07) is 8.38. The van der Waals surface area contributed by atoms with Crippen molar-refractivity contribution in [2.24, 2.45) is 0 Å². The Labute approximate surface area is 184 Å². The standard InChI is InChI=1S/C24H41NO4Si/c1-8-27-23(26)25(24(2,3)4)17-20(29-30(5,6)7)18-28-22-16-12-11-15-21(22)19-13-9-10-14-19/h11-12,15-16,19-20H,8-10,13-14,17-18H2,1-7H3. The van der Waals surface area contributed by atoms with Crippen molar-refractivity contribution in [3.05, 3.63) is 29.8 Å². The van der Waals surface area contributed by atoms with Gasteiger partial charge in [-0.25, -0.2) is 4.79 Å². The summed E-state index contributed by atoms with van der Waals surface area (Å²) < 4.78 is 18.1. The van der Waals surface area contributed by atoms with Crippen molar-refractivity contribution in [1.29, 1.82) is 0 Å². The van der Waals surface area contributed by atoms with Gasteiger partial charge in [-0.3, -0.25) is 0 Å². The molecule has 6 heteroatoms. The molecule has 5 nitrogen and oxygen atoms in total. The maximum absolute atomic E-state index is 12.6. The van der Waals surface area contributed by atoms with Crippen molar-refractivity contribution in [3.63, 3.8) is 0 Å². The van der Waals surface area contributed by atoms with E-state index in [0.717, 1.165) is 5.75 Å². The molecule has 0 bridgehead atoms. The summed E-state index contributed by atoms with van der Waals surface area (Å²) >= 11 is 0. The zero-order valence-corrected chi connectivity index (χ0v) is 21.0. The molecule has 0 radical (unpaired) electrons. The second-order valence-corrected chi connectivity index (χ2v) is 14.6. The van der Waals surface area contributed by atoms with Crippen molar-refractivity contribution in [2.75, 3.05) is 19.8 Å². The fourth-order valence-electron chi connectivity index (χ4n) is 4.02. The normalized spacial score (nSPS) is 16.4. The van der Waals surface area contributed by atoms with Crippen molar-refractivity contribution in [3.8, 4) is 5.75 Å². The highest BCUT2D eigenvalue weighted by molar-refractivity contribution is 6.69. The van der Waals surface area contributed by atoms with Crippen molar-refractivity contribution < 1.29 is 18.7 Å². The number of rotatable bonds is 9. The average Bonchev–Trinajstić information content (AvgIpc) is 3.16. The van der Waals surface area contributed by atoms with Crippen LogP contribution in [0, 0.1) is 0 Å². The number of carbonyl (C=O) groups excluding carboxylic acids is 1. The quantitative estimate of drug-likeness (QED) is 0.433. The molecule has 0 heterocycles. The number of ether oxygens (including phenoxy) is 2.